The fourth-order valence-corrected chi connectivity index (χ4v) is 4.46. The molecule has 0 radical (unpaired) electrons. The minimum Gasteiger partial charge on any atom is -0.445 e. The molecule has 2 aromatic rings. The van der Waals surface area contributed by atoms with Crippen LogP contribution in [-0.4, -0.2) is 66.9 Å². The molecule has 0 aromatic heterocycles. The summed E-state index contributed by atoms with van der Waals surface area (Å²) in [6.45, 7) is 7.59. The number of benzene rings is 2. The third-order valence-electron chi connectivity index (χ3n) is 6.93. The van der Waals surface area contributed by atoms with Gasteiger partial charge < -0.3 is 36.9 Å². The first-order valence-electron chi connectivity index (χ1n) is 16.3. The molecule has 0 aliphatic rings. The van der Waals surface area contributed by atoms with Crippen molar-refractivity contribution < 1.29 is 33.4 Å². The van der Waals surface area contributed by atoms with E-state index in [4.69, 9.17) is 20.9 Å². The lowest BCUT2D eigenvalue weighted by molar-refractivity contribution is -0.131. The Kier molecular flexibility index (Phi) is 17.9. The van der Waals surface area contributed by atoms with E-state index in [1.165, 1.54) is 6.21 Å². The van der Waals surface area contributed by atoms with E-state index < -0.39 is 48.2 Å². The van der Waals surface area contributed by atoms with E-state index in [-0.39, 0.29) is 44.0 Å². The molecule has 2 aromatic carbocycles. The molecule has 0 saturated carbocycles. The van der Waals surface area contributed by atoms with Crippen molar-refractivity contribution in [1.82, 2.24) is 26.7 Å². The van der Waals surface area contributed by atoms with Crippen LogP contribution in [0.25, 0.3) is 0 Å². The van der Waals surface area contributed by atoms with Gasteiger partial charge in [0.1, 0.15) is 25.3 Å². The molecule has 0 saturated heterocycles. The van der Waals surface area contributed by atoms with Crippen molar-refractivity contribution in [3.8, 4) is 0 Å². The molecule has 16 nitrogen and oxygen atoms in total. The number of aliphatic imine (C=N–C) groups is 1. The van der Waals surface area contributed by atoms with E-state index in [0.717, 1.165) is 11.1 Å². The predicted molar refractivity (Wildman–Crippen MR) is 188 cm³/mol. The van der Waals surface area contributed by atoms with Crippen molar-refractivity contribution in [2.45, 2.75) is 78.3 Å². The van der Waals surface area contributed by atoms with Crippen LogP contribution in [0.5, 0.6) is 0 Å². The number of amides is 6. The normalized spacial score (nSPS) is 13.2. The summed E-state index contributed by atoms with van der Waals surface area (Å²) in [6.07, 6.45) is 0.728. The average molecular weight is 697 g/mol. The van der Waals surface area contributed by atoms with Crippen LogP contribution in [0.3, 0.4) is 0 Å². The summed E-state index contributed by atoms with van der Waals surface area (Å²) in [6, 6.07) is 14.7. The molecule has 9 N–H and O–H groups in total. The second-order valence-electron chi connectivity index (χ2n) is 12.1. The molecule has 0 spiro atoms. The lowest BCUT2D eigenvalue weighted by Gasteiger charge is -2.27. The number of nitrogens with one attached hydrogen (secondary N) is 5. The number of ether oxygens (including phenoxy) is 2. The molecule has 16 heteroatoms. The van der Waals surface area contributed by atoms with Crippen LogP contribution >= 0.6 is 0 Å². The lowest BCUT2D eigenvalue weighted by atomic mass is 10.00. The van der Waals surface area contributed by atoms with Gasteiger partial charge in [0.25, 0.3) is 0 Å². The van der Waals surface area contributed by atoms with Crippen LogP contribution in [0.4, 0.5) is 14.4 Å². The molecule has 0 bridgehead atoms. The number of urea groups is 1. The van der Waals surface area contributed by atoms with Gasteiger partial charge in [-0.3, -0.25) is 19.9 Å². The second kappa shape index (κ2) is 22.1. The third-order valence-corrected chi connectivity index (χ3v) is 6.93. The zero-order valence-electron chi connectivity index (χ0n) is 28.9. The fraction of sp³-hybridized carbons (Fsp3) is 0.441. The Morgan fingerprint density at radius 3 is 1.90 bits per heavy atom. The van der Waals surface area contributed by atoms with Crippen molar-refractivity contribution in [3.05, 3.63) is 71.8 Å². The number of rotatable bonds is 18. The summed E-state index contributed by atoms with van der Waals surface area (Å²) in [5, 5.41) is 14.3. The van der Waals surface area contributed by atoms with Crippen LogP contribution in [0.15, 0.2) is 70.8 Å². The standard InChI is InChI=1S/C34H49N9O7/c1-22(2)18-27(40-33(47)49-20-24-12-7-5-8-13-24)29(44)41-28(23(3)4)30(45)39-26(19-38-43-32(36)46)16-11-17-37-31(35)42-34(48)50-21-25-14-9-6-10-15-25/h5-10,12-15,19,22-23,26-28H,11,16-18,20-21H2,1-4H3,(H,39,45)(H,40,47)(H,41,44)(H3,36,43,46)(H3,35,37,42,48)/b38-19+/t26-,27-,28-/m0/s1/i19+1. The number of nitrogens with two attached hydrogens (primary N) is 2. The molecule has 0 aliphatic heterocycles. The Morgan fingerprint density at radius 2 is 1.36 bits per heavy atom. The van der Waals surface area contributed by atoms with Gasteiger partial charge in [-0.05, 0) is 42.2 Å². The topological polar surface area (TPSA) is 241 Å². The maximum absolute atomic E-state index is 13.5. The molecule has 0 aliphatic carbocycles. The molecule has 3 atom stereocenters. The molecule has 50 heavy (non-hydrogen) atoms. The quantitative estimate of drug-likeness (QED) is 0.0401. The molecular weight excluding hydrogens is 647 g/mol. The summed E-state index contributed by atoms with van der Waals surface area (Å²) in [4.78, 5) is 66.7. The molecule has 2 rings (SSSR count). The Morgan fingerprint density at radius 1 is 0.780 bits per heavy atom. The minimum atomic E-state index is -0.987. The summed E-state index contributed by atoms with van der Waals surface area (Å²) in [5.74, 6) is -1.53. The summed E-state index contributed by atoms with van der Waals surface area (Å²) >= 11 is 0. The van der Waals surface area contributed by atoms with Gasteiger partial charge >= 0.3 is 18.2 Å². The molecular formula is C34H49N9O7. The highest BCUT2D eigenvalue weighted by Crippen LogP contribution is 2.10. The van der Waals surface area contributed by atoms with Crippen molar-refractivity contribution in [2.75, 3.05) is 6.54 Å². The van der Waals surface area contributed by atoms with Gasteiger partial charge in [0.2, 0.25) is 11.8 Å². The van der Waals surface area contributed by atoms with Crippen molar-refractivity contribution >= 4 is 42.2 Å². The zero-order chi connectivity index (χ0) is 36.9. The Hall–Kier alpha value is -5.67. The number of primary amides is 1. The number of alkyl carbamates (subject to hydrolysis) is 2. The average Bonchev–Trinajstić information content (AvgIpc) is 3.07. The number of carbonyl (C=O) groups excluding carboxylic acids is 5. The Labute approximate surface area is 292 Å². The number of hydrogen-bond donors (Lipinski definition) is 7. The minimum absolute atomic E-state index is 0.0307. The summed E-state index contributed by atoms with van der Waals surface area (Å²) in [7, 11) is 0. The van der Waals surface area contributed by atoms with E-state index in [2.05, 4.69) is 36.8 Å². The first-order chi connectivity index (χ1) is 23.8. The van der Waals surface area contributed by atoms with E-state index >= 15 is 0 Å². The molecule has 272 valence electrons. The van der Waals surface area contributed by atoms with Crippen LogP contribution in [0.2, 0.25) is 0 Å². The van der Waals surface area contributed by atoms with Crippen molar-refractivity contribution in [3.63, 3.8) is 0 Å². The fourth-order valence-electron chi connectivity index (χ4n) is 4.46. The number of guanidine groups is 1. The van der Waals surface area contributed by atoms with Crippen LogP contribution in [0.1, 0.15) is 58.1 Å². The highest BCUT2D eigenvalue weighted by molar-refractivity contribution is 5.93. The monoisotopic (exact) mass is 696 g/mol. The molecule has 6 amide bonds. The zero-order valence-corrected chi connectivity index (χ0v) is 28.9. The maximum Gasteiger partial charge on any atom is 0.414 e. The van der Waals surface area contributed by atoms with Gasteiger partial charge in [0.05, 0.1) is 6.04 Å². The summed E-state index contributed by atoms with van der Waals surface area (Å²) < 4.78 is 10.4. The highest BCUT2D eigenvalue weighted by atomic mass is 16.6. The van der Waals surface area contributed by atoms with Gasteiger partial charge in [-0.2, -0.15) is 5.10 Å². The second-order valence-corrected chi connectivity index (χ2v) is 12.1. The van der Waals surface area contributed by atoms with Gasteiger partial charge in [0.15, 0.2) is 5.96 Å². The highest BCUT2D eigenvalue weighted by Gasteiger charge is 2.30. The number of hydrazone groups is 1. The summed E-state index contributed by atoms with van der Waals surface area (Å²) in [5.41, 5.74) is 14.6. The maximum atomic E-state index is 13.5. The predicted octanol–water partition coefficient (Wildman–Crippen LogP) is 2.63. The largest absolute Gasteiger partial charge is 0.445 e. The van der Waals surface area contributed by atoms with Crippen LogP contribution < -0.4 is 38.2 Å². The van der Waals surface area contributed by atoms with E-state index in [9.17, 15) is 24.0 Å². The van der Waals surface area contributed by atoms with E-state index in [0.29, 0.717) is 12.8 Å². The van der Waals surface area contributed by atoms with E-state index in [1.807, 2.05) is 74.5 Å². The Bertz CT molecular complexity index is 1440. The van der Waals surface area contributed by atoms with Crippen molar-refractivity contribution in [2.24, 2.45) is 33.4 Å². The first kappa shape index (κ1) is 40.5. The molecule has 0 fully saturated rings. The number of hydrogen-bond acceptors (Lipinski definition) is 9. The van der Waals surface area contributed by atoms with Gasteiger partial charge in [0, 0.05) is 12.8 Å². The smallest absolute Gasteiger partial charge is 0.414 e. The number of carbonyl (C=O) groups is 5. The molecule has 0 heterocycles. The number of nitrogens with zero attached hydrogens (tertiary/aromatic N) is 2. The first-order valence-corrected chi connectivity index (χ1v) is 16.3. The van der Waals surface area contributed by atoms with Crippen LogP contribution in [-0.2, 0) is 32.3 Å². The lowest BCUT2D eigenvalue weighted by Crippen LogP contribution is -2.57. The SMILES string of the molecule is CC(C)C[C@H](NC(=O)OCc1ccccc1)C(=O)N[C@H](C(=O)N[C@@H](CCCN=C(N)NC(=O)OCc1ccccc1)/[13CH]=N/NC(N)=O)C(C)C. The van der Waals surface area contributed by atoms with Gasteiger partial charge in [-0.1, -0.05) is 88.4 Å². The molecule has 0 unspecified atom stereocenters. The third kappa shape index (κ3) is 16.9. The van der Waals surface area contributed by atoms with Crippen molar-refractivity contribution in [1.29, 1.82) is 0 Å². The van der Waals surface area contributed by atoms with Gasteiger partial charge in [-0.15, -0.1) is 0 Å². The van der Waals surface area contributed by atoms with E-state index in [1.54, 1.807) is 13.8 Å². The Balaban J connectivity index is 1.98. The van der Waals surface area contributed by atoms with Crippen LogP contribution in [0, 0.1) is 11.8 Å². The van der Waals surface area contributed by atoms with Gasteiger partial charge in [-0.25, -0.2) is 19.8 Å².